The van der Waals surface area contributed by atoms with Gasteiger partial charge in [-0.15, -0.1) is 0 Å². The quantitative estimate of drug-likeness (QED) is 0.514. The Kier molecular flexibility index (Phi) is 9.17. The van der Waals surface area contributed by atoms with E-state index in [2.05, 4.69) is 10.6 Å². The molecule has 0 saturated heterocycles. The van der Waals surface area contributed by atoms with Crippen molar-refractivity contribution in [3.63, 3.8) is 0 Å². The van der Waals surface area contributed by atoms with Crippen LogP contribution in [0.2, 0.25) is 0 Å². The van der Waals surface area contributed by atoms with E-state index in [0.29, 0.717) is 37.5 Å². The summed E-state index contributed by atoms with van der Waals surface area (Å²) in [5, 5.41) is 5.52. The monoisotopic (exact) mass is 447 g/mol. The number of carbonyl (C=O) groups is 2. The molecule has 0 heterocycles. The van der Waals surface area contributed by atoms with E-state index in [-0.39, 0.29) is 23.1 Å². The van der Waals surface area contributed by atoms with Gasteiger partial charge in [-0.25, -0.2) is 8.42 Å². The molecule has 168 valence electrons. The van der Waals surface area contributed by atoms with Crippen LogP contribution in [-0.4, -0.2) is 57.9 Å². The molecule has 0 aliphatic carbocycles. The maximum Gasteiger partial charge on any atom is 0.255 e. The Hall–Kier alpha value is -2.75. The lowest BCUT2D eigenvalue weighted by molar-refractivity contribution is -0.120. The Balaban J connectivity index is 1.98. The number of rotatable bonds is 11. The predicted molar refractivity (Wildman–Crippen MR) is 120 cm³/mol. The van der Waals surface area contributed by atoms with Gasteiger partial charge in [0, 0.05) is 38.0 Å². The van der Waals surface area contributed by atoms with Crippen molar-refractivity contribution >= 4 is 27.5 Å². The zero-order valence-electron chi connectivity index (χ0n) is 18.1. The average molecular weight is 448 g/mol. The van der Waals surface area contributed by atoms with Gasteiger partial charge in [-0.2, -0.15) is 4.31 Å². The van der Waals surface area contributed by atoms with Crippen molar-refractivity contribution < 1.29 is 22.7 Å². The number of anilines is 1. The van der Waals surface area contributed by atoms with Crippen molar-refractivity contribution in [1.82, 2.24) is 9.62 Å². The minimum absolute atomic E-state index is 0.103. The van der Waals surface area contributed by atoms with Gasteiger partial charge in [0.05, 0.1) is 17.9 Å². The summed E-state index contributed by atoms with van der Waals surface area (Å²) < 4.78 is 31.3. The first-order valence-electron chi connectivity index (χ1n) is 10.1. The maximum atomic E-state index is 12.5. The number of nitrogens with one attached hydrogen (secondary N) is 2. The number of sulfonamides is 1. The molecule has 2 aromatic rings. The molecule has 0 unspecified atom stereocenters. The first-order chi connectivity index (χ1) is 14.8. The summed E-state index contributed by atoms with van der Waals surface area (Å²) in [5.41, 5.74) is 1.74. The summed E-state index contributed by atoms with van der Waals surface area (Å²) in [5.74, 6) is -0.453. The van der Waals surface area contributed by atoms with E-state index in [1.54, 1.807) is 45.2 Å². The molecule has 0 radical (unpaired) electrons. The number of benzene rings is 2. The van der Waals surface area contributed by atoms with Crippen LogP contribution in [0.4, 0.5) is 5.69 Å². The van der Waals surface area contributed by atoms with Gasteiger partial charge < -0.3 is 15.4 Å². The van der Waals surface area contributed by atoms with E-state index < -0.39 is 10.0 Å². The molecule has 0 aliphatic rings. The second-order valence-corrected chi connectivity index (χ2v) is 8.72. The summed E-state index contributed by atoms with van der Waals surface area (Å²) in [4.78, 5) is 24.5. The Labute approximate surface area is 183 Å². The Bertz CT molecular complexity index is 969. The lowest BCUT2D eigenvalue weighted by atomic mass is 10.1. The highest BCUT2D eigenvalue weighted by Crippen LogP contribution is 2.17. The predicted octanol–water partition coefficient (Wildman–Crippen LogP) is 2.27. The van der Waals surface area contributed by atoms with Crippen LogP contribution < -0.4 is 10.6 Å². The fourth-order valence-corrected chi connectivity index (χ4v) is 4.40. The van der Waals surface area contributed by atoms with Gasteiger partial charge in [0.25, 0.3) is 5.91 Å². The standard InChI is InChI=1S/C22H29N3O5S/c1-4-25(5-2)31(28,29)20-12-8-18(9-13-20)22(27)24-19-10-6-17(7-11-19)16-21(26)23-14-15-30-3/h6-13H,4-5,14-16H2,1-3H3,(H,23,26)(H,24,27). The van der Waals surface area contributed by atoms with Gasteiger partial charge >= 0.3 is 0 Å². The van der Waals surface area contributed by atoms with Crippen molar-refractivity contribution in [3.05, 3.63) is 59.7 Å². The van der Waals surface area contributed by atoms with Gasteiger partial charge in [0.1, 0.15) is 0 Å². The third kappa shape index (κ3) is 6.88. The fourth-order valence-electron chi connectivity index (χ4n) is 2.94. The number of ether oxygens (including phenoxy) is 1. The highest BCUT2D eigenvalue weighted by Gasteiger charge is 2.21. The minimum Gasteiger partial charge on any atom is -0.383 e. The van der Waals surface area contributed by atoms with Gasteiger partial charge in [-0.05, 0) is 42.0 Å². The Morgan fingerprint density at radius 2 is 1.58 bits per heavy atom. The van der Waals surface area contributed by atoms with Crippen LogP contribution in [0.1, 0.15) is 29.8 Å². The maximum absolute atomic E-state index is 12.5. The number of amides is 2. The van der Waals surface area contributed by atoms with E-state index in [4.69, 9.17) is 4.74 Å². The summed E-state index contributed by atoms with van der Waals surface area (Å²) >= 11 is 0. The fraction of sp³-hybridized carbons (Fsp3) is 0.364. The lowest BCUT2D eigenvalue weighted by Crippen LogP contribution is -2.30. The van der Waals surface area contributed by atoms with Crippen molar-refractivity contribution in [2.24, 2.45) is 0 Å². The van der Waals surface area contributed by atoms with Gasteiger partial charge in [0.2, 0.25) is 15.9 Å². The van der Waals surface area contributed by atoms with Crippen molar-refractivity contribution in [2.45, 2.75) is 25.2 Å². The molecule has 0 bridgehead atoms. The van der Waals surface area contributed by atoms with Crippen LogP contribution in [0, 0.1) is 0 Å². The summed E-state index contributed by atoms with van der Waals surface area (Å²) in [6.45, 7) is 5.24. The number of methoxy groups -OCH3 is 1. The lowest BCUT2D eigenvalue weighted by Gasteiger charge is -2.18. The van der Waals surface area contributed by atoms with Crippen LogP contribution in [0.25, 0.3) is 0 Å². The van der Waals surface area contributed by atoms with Gasteiger partial charge in [0.15, 0.2) is 0 Å². The largest absolute Gasteiger partial charge is 0.383 e. The van der Waals surface area contributed by atoms with E-state index in [1.807, 2.05) is 0 Å². The van der Waals surface area contributed by atoms with Gasteiger partial charge in [-0.1, -0.05) is 26.0 Å². The van der Waals surface area contributed by atoms with Crippen LogP contribution >= 0.6 is 0 Å². The first-order valence-corrected chi connectivity index (χ1v) is 11.5. The zero-order chi connectivity index (χ0) is 22.9. The van der Waals surface area contributed by atoms with Crippen LogP contribution in [-0.2, 0) is 26.0 Å². The highest BCUT2D eigenvalue weighted by molar-refractivity contribution is 7.89. The topological polar surface area (TPSA) is 105 Å². The molecule has 31 heavy (non-hydrogen) atoms. The van der Waals surface area contributed by atoms with E-state index >= 15 is 0 Å². The summed E-state index contributed by atoms with van der Waals surface area (Å²) in [6, 6.07) is 12.8. The molecule has 9 heteroatoms. The van der Waals surface area contributed by atoms with Gasteiger partial charge in [-0.3, -0.25) is 9.59 Å². The van der Waals surface area contributed by atoms with Crippen LogP contribution in [0.3, 0.4) is 0 Å². The van der Waals surface area contributed by atoms with Crippen molar-refractivity contribution in [2.75, 3.05) is 38.7 Å². The molecule has 2 rings (SSSR count). The summed E-state index contributed by atoms with van der Waals surface area (Å²) in [6.07, 6.45) is 0.237. The number of hydrogen-bond donors (Lipinski definition) is 2. The molecule has 8 nitrogen and oxygen atoms in total. The normalized spacial score (nSPS) is 11.4. The van der Waals surface area contributed by atoms with Crippen molar-refractivity contribution in [3.8, 4) is 0 Å². The first kappa shape index (κ1) is 24.5. The molecule has 0 atom stereocenters. The molecule has 0 fully saturated rings. The smallest absolute Gasteiger partial charge is 0.255 e. The van der Waals surface area contributed by atoms with Crippen LogP contribution in [0.5, 0.6) is 0 Å². The number of nitrogens with zero attached hydrogens (tertiary/aromatic N) is 1. The molecule has 0 saturated carbocycles. The van der Waals surface area contributed by atoms with E-state index in [1.165, 1.54) is 28.6 Å². The molecule has 0 spiro atoms. The molecule has 2 aromatic carbocycles. The third-order valence-corrected chi connectivity index (χ3v) is 6.73. The Morgan fingerprint density at radius 3 is 2.13 bits per heavy atom. The van der Waals surface area contributed by atoms with E-state index in [9.17, 15) is 18.0 Å². The second-order valence-electron chi connectivity index (χ2n) is 6.78. The Morgan fingerprint density at radius 1 is 0.968 bits per heavy atom. The average Bonchev–Trinajstić information content (AvgIpc) is 2.76. The SMILES string of the molecule is CCN(CC)S(=O)(=O)c1ccc(C(=O)Nc2ccc(CC(=O)NCCOC)cc2)cc1. The molecule has 0 aliphatic heterocycles. The minimum atomic E-state index is -3.56. The highest BCUT2D eigenvalue weighted by atomic mass is 32.2. The van der Waals surface area contributed by atoms with Crippen molar-refractivity contribution in [1.29, 1.82) is 0 Å². The molecule has 2 N–H and O–H groups in total. The third-order valence-electron chi connectivity index (χ3n) is 4.66. The second kappa shape index (κ2) is 11.6. The molecular weight excluding hydrogens is 418 g/mol. The molecular formula is C22H29N3O5S. The zero-order valence-corrected chi connectivity index (χ0v) is 18.9. The molecule has 2 amide bonds. The van der Waals surface area contributed by atoms with E-state index in [0.717, 1.165) is 5.56 Å². The number of hydrogen-bond acceptors (Lipinski definition) is 5. The molecule has 0 aromatic heterocycles. The number of carbonyl (C=O) groups excluding carboxylic acids is 2. The summed E-state index contributed by atoms with van der Waals surface area (Å²) in [7, 11) is -1.99. The van der Waals surface area contributed by atoms with Crippen LogP contribution in [0.15, 0.2) is 53.4 Å².